The lowest BCUT2D eigenvalue weighted by Gasteiger charge is -2.36. The number of amides is 2. The van der Waals surface area contributed by atoms with Crippen molar-refractivity contribution in [2.24, 2.45) is 5.73 Å². The van der Waals surface area contributed by atoms with E-state index in [1.54, 1.807) is 4.90 Å². The number of carbonyl (C=O) groups excluding carboxylic acids is 2. The van der Waals surface area contributed by atoms with Gasteiger partial charge < -0.3 is 20.9 Å². The van der Waals surface area contributed by atoms with Gasteiger partial charge in [-0.25, -0.2) is 0 Å². The van der Waals surface area contributed by atoms with Crippen LogP contribution in [0, 0.1) is 0 Å². The van der Waals surface area contributed by atoms with Crippen LogP contribution in [0.3, 0.4) is 0 Å². The van der Waals surface area contributed by atoms with Crippen LogP contribution in [0.2, 0.25) is 0 Å². The highest BCUT2D eigenvalue weighted by Crippen LogP contribution is 2.24. The standard InChI is InChI=1S/C22H29N7O2/c1-5-18(30)29-12-10-17(11-13-29)28(4)22-25-21(19(20(23)31)26-27-22)24-16-8-6-15(7-9-16)14(2)3/h5-9,14,17H,1,10-13H2,2-4H3,(H2,23,31)(H,24,25,27). The molecule has 0 unspecified atom stereocenters. The van der Waals surface area contributed by atoms with Gasteiger partial charge in [-0.2, -0.15) is 4.98 Å². The van der Waals surface area contributed by atoms with Crippen molar-refractivity contribution in [1.29, 1.82) is 0 Å². The Bertz CT molecular complexity index is 951. The van der Waals surface area contributed by atoms with Crippen molar-refractivity contribution >= 4 is 29.3 Å². The number of carbonyl (C=O) groups is 2. The molecule has 0 saturated carbocycles. The first-order valence-electron chi connectivity index (χ1n) is 10.4. The third-order valence-corrected chi connectivity index (χ3v) is 5.56. The minimum absolute atomic E-state index is 0.0171. The van der Waals surface area contributed by atoms with E-state index in [-0.39, 0.29) is 23.5 Å². The monoisotopic (exact) mass is 423 g/mol. The predicted octanol–water partition coefficient (Wildman–Crippen LogP) is 2.45. The van der Waals surface area contributed by atoms with Crippen molar-refractivity contribution in [3.63, 3.8) is 0 Å². The summed E-state index contributed by atoms with van der Waals surface area (Å²) in [4.78, 5) is 31.9. The van der Waals surface area contributed by atoms with Crippen LogP contribution in [-0.4, -0.2) is 58.1 Å². The topological polar surface area (TPSA) is 117 Å². The quantitative estimate of drug-likeness (QED) is 0.657. The van der Waals surface area contributed by atoms with Crippen molar-refractivity contribution in [3.8, 4) is 0 Å². The van der Waals surface area contributed by atoms with E-state index >= 15 is 0 Å². The summed E-state index contributed by atoms with van der Waals surface area (Å²) in [6.07, 6.45) is 2.89. The van der Waals surface area contributed by atoms with E-state index in [1.165, 1.54) is 11.6 Å². The molecule has 0 aliphatic carbocycles. The van der Waals surface area contributed by atoms with Crippen LogP contribution < -0.4 is 16.0 Å². The number of primary amides is 1. The van der Waals surface area contributed by atoms with E-state index in [4.69, 9.17) is 5.73 Å². The number of nitrogens with one attached hydrogen (secondary N) is 1. The van der Waals surface area contributed by atoms with Gasteiger partial charge in [0.25, 0.3) is 5.91 Å². The summed E-state index contributed by atoms with van der Waals surface area (Å²) in [6.45, 7) is 9.07. The number of rotatable bonds is 7. The Morgan fingerprint density at radius 3 is 2.42 bits per heavy atom. The largest absolute Gasteiger partial charge is 0.364 e. The molecule has 9 nitrogen and oxygen atoms in total. The number of hydrogen-bond acceptors (Lipinski definition) is 7. The predicted molar refractivity (Wildman–Crippen MR) is 120 cm³/mol. The molecule has 164 valence electrons. The SMILES string of the molecule is C=CC(=O)N1CCC(N(C)c2nnc(C(N)=O)c(Nc3ccc(C(C)C)cc3)n2)CC1. The van der Waals surface area contributed by atoms with E-state index < -0.39 is 5.91 Å². The number of benzene rings is 1. The Morgan fingerprint density at radius 2 is 1.87 bits per heavy atom. The summed E-state index contributed by atoms with van der Waals surface area (Å²) in [5.74, 6) is 0.316. The van der Waals surface area contributed by atoms with Gasteiger partial charge in [0.2, 0.25) is 11.9 Å². The average Bonchev–Trinajstić information content (AvgIpc) is 2.78. The van der Waals surface area contributed by atoms with Gasteiger partial charge in [-0.1, -0.05) is 32.6 Å². The van der Waals surface area contributed by atoms with Gasteiger partial charge in [-0.05, 0) is 42.5 Å². The Kier molecular flexibility index (Phi) is 6.84. The zero-order valence-corrected chi connectivity index (χ0v) is 18.2. The van der Waals surface area contributed by atoms with Gasteiger partial charge in [0, 0.05) is 31.9 Å². The molecule has 2 amide bonds. The Balaban J connectivity index is 1.78. The number of piperidine rings is 1. The maximum Gasteiger partial charge on any atom is 0.273 e. The van der Waals surface area contributed by atoms with Crippen molar-refractivity contribution < 1.29 is 9.59 Å². The van der Waals surface area contributed by atoms with Crippen LogP contribution in [-0.2, 0) is 4.79 Å². The molecule has 0 atom stereocenters. The fraction of sp³-hybridized carbons (Fsp3) is 0.409. The fourth-order valence-corrected chi connectivity index (χ4v) is 3.57. The van der Waals surface area contributed by atoms with Gasteiger partial charge in [0.1, 0.15) is 0 Å². The Labute approximate surface area is 182 Å². The first-order valence-corrected chi connectivity index (χ1v) is 10.4. The molecule has 3 N–H and O–H groups in total. The van der Waals surface area contributed by atoms with Crippen molar-refractivity contribution in [1.82, 2.24) is 20.1 Å². The van der Waals surface area contributed by atoms with Gasteiger partial charge in [-0.15, -0.1) is 10.2 Å². The average molecular weight is 424 g/mol. The van der Waals surface area contributed by atoms with Crippen LogP contribution in [0.15, 0.2) is 36.9 Å². The first-order chi connectivity index (χ1) is 14.8. The van der Waals surface area contributed by atoms with Gasteiger partial charge >= 0.3 is 0 Å². The second-order valence-corrected chi connectivity index (χ2v) is 7.95. The minimum Gasteiger partial charge on any atom is -0.364 e. The highest BCUT2D eigenvalue weighted by atomic mass is 16.2. The Hall–Kier alpha value is -3.49. The lowest BCUT2D eigenvalue weighted by atomic mass is 10.0. The molecule has 9 heteroatoms. The molecule has 0 bridgehead atoms. The van der Waals surface area contributed by atoms with Crippen molar-refractivity contribution in [2.75, 3.05) is 30.4 Å². The van der Waals surface area contributed by atoms with Crippen LogP contribution in [0.25, 0.3) is 0 Å². The molecule has 1 aromatic carbocycles. The summed E-state index contributed by atoms with van der Waals surface area (Å²) in [5.41, 5.74) is 7.45. The molecular formula is C22H29N7O2. The smallest absolute Gasteiger partial charge is 0.273 e. The van der Waals surface area contributed by atoms with Crippen molar-refractivity contribution in [3.05, 3.63) is 48.2 Å². The van der Waals surface area contributed by atoms with Crippen LogP contribution in [0.5, 0.6) is 0 Å². The maximum absolute atomic E-state index is 11.8. The van der Waals surface area contributed by atoms with Crippen molar-refractivity contribution in [2.45, 2.75) is 38.6 Å². The molecule has 1 aromatic heterocycles. The van der Waals surface area contributed by atoms with E-state index in [0.717, 1.165) is 18.5 Å². The molecule has 0 spiro atoms. The molecular weight excluding hydrogens is 394 g/mol. The molecule has 1 aliphatic rings. The number of hydrogen-bond donors (Lipinski definition) is 2. The fourth-order valence-electron chi connectivity index (χ4n) is 3.57. The van der Waals surface area contributed by atoms with Gasteiger partial charge in [0.05, 0.1) is 0 Å². The highest BCUT2D eigenvalue weighted by Gasteiger charge is 2.26. The number of nitrogens with zero attached hydrogens (tertiary/aromatic N) is 5. The normalized spacial score (nSPS) is 14.4. The maximum atomic E-state index is 11.8. The highest BCUT2D eigenvalue weighted by molar-refractivity contribution is 5.96. The summed E-state index contributed by atoms with van der Waals surface area (Å²) in [6, 6.07) is 8.05. The lowest BCUT2D eigenvalue weighted by Crippen LogP contribution is -2.45. The second-order valence-electron chi connectivity index (χ2n) is 7.95. The summed E-state index contributed by atoms with van der Waals surface area (Å²) >= 11 is 0. The van der Waals surface area contributed by atoms with E-state index in [1.807, 2.05) is 36.2 Å². The second kappa shape index (κ2) is 9.55. The summed E-state index contributed by atoms with van der Waals surface area (Å²) in [7, 11) is 1.89. The molecule has 1 aliphatic heterocycles. The zero-order valence-electron chi connectivity index (χ0n) is 18.2. The molecule has 2 aromatic rings. The van der Waals surface area contributed by atoms with Crippen LogP contribution in [0.4, 0.5) is 17.5 Å². The number of anilines is 3. The molecule has 3 rings (SSSR count). The van der Waals surface area contributed by atoms with E-state index in [2.05, 4.69) is 40.9 Å². The number of likely N-dealkylation sites (tertiary alicyclic amines) is 1. The minimum atomic E-state index is -0.702. The molecule has 31 heavy (non-hydrogen) atoms. The van der Waals surface area contributed by atoms with E-state index in [0.29, 0.717) is 25.0 Å². The van der Waals surface area contributed by atoms with Crippen LogP contribution >= 0.6 is 0 Å². The molecule has 1 fully saturated rings. The third-order valence-electron chi connectivity index (χ3n) is 5.56. The van der Waals surface area contributed by atoms with Crippen LogP contribution in [0.1, 0.15) is 48.7 Å². The Morgan fingerprint density at radius 1 is 1.23 bits per heavy atom. The van der Waals surface area contributed by atoms with E-state index in [9.17, 15) is 9.59 Å². The molecule has 1 saturated heterocycles. The molecule has 0 radical (unpaired) electrons. The summed E-state index contributed by atoms with van der Waals surface area (Å²) < 4.78 is 0. The van der Waals surface area contributed by atoms with Gasteiger partial charge in [-0.3, -0.25) is 9.59 Å². The number of aromatic nitrogens is 3. The lowest BCUT2D eigenvalue weighted by molar-refractivity contribution is -0.127. The third kappa shape index (κ3) is 5.17. The van der Waals surface area contributed by atoms with Gasteiger partial charge in [0.15, 0.2) is 11.5 Å². The molecule has 2 heterocycles. The first kappa shape index (κ1) is 22.2. The summed E-state index contributed by atoms with van der Waals surface area (Å²) in [5, 5.41) is 11.3. The zero-order chi connectivity index (χ0) is 22.5. The number of nitrogens with two attached hydrogens (primary N) is 1.